The first-order valence-electron chi connectivity index (χ1n) is 3.99. The molecule has 0 aliphatic rings. The van der Waals surface area contributed by atoms with Crippen LogP contribution in [0.25, 0.3) is 0 Å². The van der Waals surface area contributed by atoms with E-state index in [0.29, 0.717) is 0 Å². The second-order valence-electron chi connectivity index (χ2n) is 2.47. The van der Waals surface area contributed by atoms with Crippen LogP contribution in [0.1, 0.15) is 6.92 Å². The van der Waals surface area contributed by atoms with E-state index in [0.717, 1.165) is 22.4 Å². The van der Waals surface area contributed by atoms with Crippen LogP contribution in [0.3, 0.4) is 0 Å². The Morgan fingerprint density at radius 3 is 2.67 bits per heavy atom. The molecule has 2 nitrogen and oxygen atoms in total. The second kappa shape index (κ2) is 4.36. The van der Waals surface area contributed by atoms with Gasteiger partial charge in [-0.2, -0.15) is 0 Å². The maximum atomic E-state index is 3.42. The van der Waals surface area contributed by atoms with Gasteiger partial charge < -0.3 is 10.6 Å². The molecule has 12 heavy (non-hydrogen) atoms. The molecule has 0 bridgehead atoms. The van der Waals surface area contributed by atoms with Gasteiger partial charge in [-0.1, -0.05) is 15.9 Å². The van der Waals surface area contributed by atoms with Crippen molar-refractivity contribution in [1.29, 1.82) is 0 Å². The highest BCUT2D eigenvalue weighted by Crippen LogP contribution is 2.25. The molecule has 1 aromatic rings. The summed E-state index contributed by atoms with van der Waals surface area (Å²) >= 11 is 3.42. The molecule has 0 unspecified atom stereocenters. The second-order valence-corrected chi connectivity index (χ2v) is 3.39. The minimum atomic E-state index is 0.941. The Balaban J connectivity index is 2.94. The van der Waals surface area contributed by atoms with Gasteiger partial charge >= 0.3 is 0 Å². The lowest BCUT2D eigenvalue weighted by molar-refractivity contribution is 1.21. The maximum absolute atomic E-state index is 3.42. The first kappa shape index (κ1) is 9.39. The number of anilines is 2. The van der Waals surface area contributed by atoms with Gasteiger partial charge in [0.15, 0.2) is 0 Å². The van der Waals surface area contributed by atoms with E-state index in [1.165, 1.54) is 0 Å². The van der Waals surface area contributed by atoms with Crippen molar-refractivity contribution < 1.29 is 0 Å². The molecule has 3 heteroatoms. The van der Waals surface area contributed by atoms with Crippen LogP contribution in [0, 0.1) is 0 Å². The first-order chi connectivity index (χ1) is 5.77. The van der Waals surface area contributed by atoms with Crippen molar-refractivity contribution in [2.75, 3.05) is 24.2 Å². The molecule has 0 saturated heterocycles. The van der Waals surface area contributed by atoms with Crippen LogP contribution in [0.15, 0.2) is 22.7 Å². The van der Waals surface area contributed by atoms with E-state index < -0.39 is 0 Å². The lowest BCUT2D eigenvalue weighted by Gasteiger charge is -2.10. The maximum Gasteiger partial charge on any atom is 0.0584 e. The third-order valence-electron chi connectivity index (χ3n) is 1.62. The van der Waals surface area contributed by atoms with Gasteiger partial charge in [-0.25, -0.2) is 0 Å². The molecule has 0 aliphatic carbocycles. The fraction of sp³-hybridized carbons (Fsp3) is 0.333. The first-order valence-corrected chi connectivity index (χ1v) is 4.78. The van der Waals surface area contributed by atoms with Crippen LogP contribution in [0.5, 0.6) is 0 Å². The Labute approximate surface area is 81.5 Å². The van der Waals surface area contributed by atoms with Crippen molar-refractivity contribution in [2.24, 2.45) is 0 Å². The number of benzene rings is 1. The van der Waals surface area contributed by atoms with Crippen LogP contribution >= 0.6 is 15.9 Å². The summed E-state index contributed by atoms with van der Waals surface area (Å²) < 4.78 is 1.09. The zero-order valence-electron chi connectivity index (χ0n) is 7.32. The van der Waals surface area contributed by atoms with Crippen LogP contribution in [-0.4, -0.2) is 13.6 Å². The number of hydrogen-bond donors (Lipinski definition) is 2. The Morgan fingerprint density at radius 1 is 1.33 bits per heavy atom. The Bertz CT molecular complexity index is 261. The molecule has 0 aromatic heterocycles. The number of halogens is 1. The Morgan fingerprint density at radius 2 is 2.08 bits per heavy atom. The highest BCUT2D eigenvalue weighted by Gasteiger charge is 1.98. The minimum absolute atomic E-state index is 0.941. The SMILES string of the molecule is CCNc1ccc(Br)cc1NC. The molecule has 0 spiro atoms. The van der Waals surface area contributed by atoms with Crippen molar-refractivity contribution in [1.82, 2.24) is 0 Å². The van der Waals surface area contributed by atoms with E-state index in [4.69, 9.17) is 0 Å². The largest absolute Gasteiger partial charge is 0.386 e. The van der Waals surface area contributed by atoms with Gasteiger partial charge in [0.2, 0.25) is 0 Å². The molecular weight excluding hydrogens is 216 g/mol. The fourth-order valence-corrected chi connectivity index (χ4v) is 1.43. The zero-order chi connectivity index (χ0) is 8.97. The molecule has 0 atom stereocenters. The molecule has 66 valence electrons. The average molecular weight is 229 g/mol. The van der Waals surface area contributed by atoms with Gasteiger partial charge in [0, 0.05) is 18.1 Å². The molecule has 0 amide bonds. The Kier molecular flexibility index (Phi) is 3.41. The summed E-state index contributed by atoms with van der Waals surface area (Å²) in [5.74, 6) is 0. The van der Waals surface area contributed by atoms with E-state index >= 15 is 0 Å². The van der Waals surface area contributed by atoms with E-state index in [2.05, 4.69) is 45.6 Å². The predicted octanol–water partition coefficient (Wildman–Crippen LogP) is 2.92. The average Bonchev–Trinajstić information content (AvgIpc) is 2.08. The molecule has 2 N–H and O–H groups in total. The molecule has 0 aliphatic heterocycles. The minimum Gasteiger partial charge on any atom is -0.386 e. The normalized spacial score (nSPS) is 9.58. The van der Waals surface area contributed by atoms with E-state index in [9.17, 15) is 0 Å². The van der Waals surface area contributed by atoms with Crippen molar-refractivity contribution in [2.45, 2.75) is 6.92 Å². The van der Waals surface area contributed by atoms with Gasteiger partial charge in [-0.3, -0.25) is 0 Å². The van der Waals surface area contributed by atoms with E-state index in [1.54, 1.807) is 0 Å². The molecule has 1 rings (SSSR count). The number of nitrogens with one attached hydrogen (secondary N) is 2. The molecule has 0 radical (unpaired) electrons. The van der Waals surface area contributed by atoms with Crippen LogP contribution in [0.4, 0.5) is 11.4 Å². The summed E-state index contributed by atoms with van der Waals surface area (Å²) in [6.07, 6.45) is 0. The van der Waals surface area contributed by atoms with Crippen molar-refractivity contribution in [3.63, 3.8) is 0 Å². The molecular formula is C9H13BrN2. The summed E-state index contributed by atoms with van der Waals surface area (Å²) in [6.45, 7) is 3.03. The van der Waals surface area contributed by atoms with Crippen molar-refractivity contribution >= 4 is 27.3 Å². The van der Waals surface area contributed by atoms with Gasteiger partial charge in [-0.15, -0.1) is 0 Å². The van der Waals surface area contributed by atoms with Crippen molar-refractivity contribution in [3.8, 4) is 0 Å². The van der Waals surface area contributed by atoms with Crippen LogP contribution in [-0.2, 0) is 0 Å². The van der Waals surface area contributed by atoms with Gasteiger partial charge in [0.05, 0.1) is 11.4 Å². The van der Waals surface area contributed by atoms with Crippen LogP contribution in [0.2, 0.25) is 0 Å². The monoisotopic (exact) mass is 228 g/mol. The zero-order valence-corrected chi connectivity index (χ0v) is 8.90. The fourth-order valence-electron chi connectivity index (χ4n) is 1.07. The van der Waals surface area contributed by atoms with Gasteiger partial charge in [0.1, 0.15) is 0 Å². The molecule has 0 heterocycles. The van der Waals surface area contributed by atoms with Gasteiger partial charge in [0.25, 0.3) is 0 Å². The third-order valence-corrected chi connectivity index (χ3v) is 2.11. The molecule has 1 aromatic carbocycles. The lowest BCUT2D eigenvalue weighted by Crippen LogP contribution is -2.00. The number of hydrogen-bond acceptors (Lipinski definition) is 2. The Hall–Kier alpha value is -0.700. The summed E-state index contributed by atoms with van der Waals surface area (Å²) in [6, 6.07) is 6.14. The quantitative estimate of drug-likeness (QED) is 0.832. The number of rotatable bonds is 3. The van der Waals surface area contributed by atoms with Gasteiger partial charge in [-0.05, 0) is 25.1 Å². The van der Waals surface area contributed by atoms with Crippen LogP contribution < -0.4 is 10.6 Å². The smallest absolute Gasteiger partial charge is 0.0584 e. The summed E-state index contributed by atoms with van der Waals surface area (Å²) in [7, 11) is 1.92. The predicted molar refractivity (Wildman–Crippen MR) is 57.9 cm³/mol. The van der Waals surface area contributed by atoms with E-state index in [1.807, 2.05) is 13.1 Å². The third kappa shape index (κ3) is 2.14. The summed E-state index contributed by atoms with van der Waals surface area (Å²) in [4.78, 5) is 0. The lowest BCUT2D eigenvalue weighted by atomic mass is 10.2. The topological polar surface area (TPSA) is 24.1 Å². The van der Waals surface area contributed by atoms with Crippen molar-refractivity contribution in [3.05, 3.63) is 22.7 Å². The summed E-state index contributed by atoms with van der Waals surface area (Å²) in [5.41, 5.74) is 2.26. The van der Waals surface area contributed by atoms with E-state index in [-0.39, 0.29) is 0 Å². The molecule has 0 fully saturated rings. The highest BCUT2D eigenvalue weighted by molar-refractivity contribution is 9.10. The standard InChI is InChI=1S/C9H13BrN2/c1-3-12-8-5-4-7(10)6-9(8)11-2/h4-6,11-12H,3H2,1-2H3. The highest BCUT2D eigenvalue weighted by atomic mass is 79.9. The molecule has 0 saturated carbocycles. The summed E-state index contributed by atoms with van der Waals surface area (Å²) in [5, 5.41) is 6.40.